The molecule has 0 saturated heterocycles. The predicted molar refractivity (Wildman–Crippen MR) is 149 cm³/mol. The molecule has 3 aliphatic carbocycles. The maximum Gasteiger partial charge on any atom is 0.255 e. The van der Waals surface area contributed by atoms with Gasteiger partial charge in [0.15, 0.2) is 11.4 Å². The van der Waals surface area contributed by atoms with Crippen LogP contribution in [0.5, 0.6) is 5.75 Å². The fourth-order valence-corrected chi connectivity index (χ4v) is 6.35. The summed E-state index contributed by atoms with van der Waals surface area (Å²) in [6.07, 6.45) is 1.78. The number of likely N-dealkylation sites (N-methyl/N-ethyl adjacent to an activating group) is 1. The van der Waals surface area contributed by atoms with E-state index in [1.54, 1.807) is 63.6 Å². The van der Waals surface area contributed by atoms with Crippen molar-refractivity contribution >= 4 is 28.9 Å². The summed E-state index contributed by atoms with van der Waals surface area (Å²) in [4.78, 5) is 46.8. The number of rotatable bonds is 3. The van der Waals surface area contributed by atoms with Crippen LogP contribution < -0.4 is 10.6 Å². The van der Waals surface area contributed by atoms with E-state index in [9.17, 15) is 34.8 Å². The Kier molecular flexibility index (Phi) is 6.64. The summed E-state index contributed by atoms with van der Waals surface area (Å²) in [5.41, 5.74) is 3.44. The molecule has 1 saturated carbocycles. The Balaban J connectivity index is 1.73. The number of carbonyl (C=O) groups is 3. The lowest BCUT2D eigenvalue weighted by atomic mass is 9.57. The average Bonchev–Trinajstić information content (AvgIpc) is 2.90. The number of hydrogen-bond acceptors (Lipinski definition) is 10. The van der Waals surface area contributed by atoms with E-state index in [1.165, 1.54) is 4.90 Å². The number of benzene rings is 1. The van der Waals surface area contributed by atoms with Gasteiger partial charge in [0, 0.05) is 37.5 Å². The molecule has 41 heavy (non-hydrogen) atoms. The van der Waals surface area contributed by atoms with Gasteiger partial charge in [-0.3, -0.25) is 19.3 Å². The smallest absolute Gasteiger partial charge is 0.255 e. The molecule has 212 valence electrons. The van der Waals surface area contributed by atoms with Gasteiger partial charge in [0.25, 0.3) is 5.91 Å². The largest absolute Gasteiger partial charge is 0.508 e. The lowest BCUT2D eigenvalue weighted by Crippen LogP contribution is -2.65. The standard InChI is InChI=1S/C30H30N4O7/c1-33(2)19-13-14(8-9-16-7-5-6-10-32-16)24(35)21-17(19)11-15-12-18-23(34(3)4)26(37)22(29(31)40)28(39)30(18,41)27(38)20(15)25(21)36/h5-7,10,13,15,18,23,35-36,39,41H,11-12H2,1-4H3,(H2,31,40). The van der Waals surface area contributed by atoms with Gasteiger partial charge in [-0.15, -0.1) is 0 Å². The first kappa shape index (κ1) is 27.9. The number of nitrogens with two attached hydrogens (primary N) is 1. The van der Waals surface area contributed by atoms with E-state index in [0.717, 1.165) is 0 Å². The SMILES string of the molecule is CN(C)c1cc(C#Cc2ccccn2)c(O)c2c1CC1CC3C(N(C)C)C(=O)C(C(N)=O)=C(O)C3(O)C(=O)C1=C2O. The summed E-state index contributed by atoms with van der Waals surface area (Å²) < 4.78 is 0. The van der Waals surface area contributed by atoms with Crippen molar-refractivity contribution in [3.8, 4) is 17.6 Å². The minimum Gasteiger partial charge on any atom is -0.508 e. The fourth-order valence-electron chi connectivity index (χ4n) is 6.35. The lowest BCUT2D eigenvalue weighted by Gasteiger charge is -2.50. The van der Waals surface area contributed by atoms with Gasteiger partial charge in [0.05, 0.1) is 17.2 Å². The minimum absolute atomic E-state index is 0.0145. The second-order valence-electron chi connectivity index (χ2n) is 11.0. The summed E-state index contributed by atoms with van der Waals surface area (Å²) in [5, 5.41) is 45.6. The molecule has 5 rings (SSSR count). The van der Waals surface area contributed by atoms with Crippen molar-refractivity contribution in [3.63, 3.8) is 0 Å². The second kappa shape index (κ2) is 9.76. The Bertz CT molecular complexity index is 1630. The van der Waals surface area contributed by atoms with Gasteiger partial charge < -0.3 is 31.1 Å². The molecule has 11 heteroatoms. The number of phenols is 1. The molecule has 1 aromatic heterocycles. The molecule has 2 aromatic rings. The van der Waals surface area contributed by atoms with Crippen molar-refractivity contribution in [2.24, 2.45) is 17.6 Å². The van der Waals surface area contributed by atoms with Gasteiger partial charge in [0.2, 0.25) is 5.78 Å². The molecule has 1 amide bonds. The molecule has 0 bridgehead atoms. The van der Waals surface area contributed by atoms with E-state index in [1.807, 2.05) is 0 Å². The Morgan fingerprint density at radius 2 is 1.83 bits per heavy atom. The van der Waals surface area contributed by atoms with Crippen molar-refractivity contribution in [1.29, 1.82) is 0 Å². The maximum absolute atomic E-state index is 14.0. The number of carbonyl (C=O) groups excluding carboxylic acids is 3. The van der Waals surface area contributed by atoms with Crippen molar-refractivity contribution in [2.45, 2.75) is 24.5 Å². The van der Waals surface area contributed by atoms with Crippen molar-refractivity contribution < 1.29 is 34.8 Å². The van der Waals surface area contributed by atoms with Gasteiger partial charge in [-0.1, -0.05) is 12.0 Å². The number of nitrogens with zero attached hydrogens (tertiary/aromatic N) is 3. The van der Waals surface area contributed by atoms with Crippen molar-refractivity contribution in [1.82, 2.24) is 9.88 Å². The number of fused-ring (bicyclic) bond motifs is 3. The van der Waals surface area contributed by atoms with Crippen LogP contribution in [0.25, 0.3) is 5.76 Å². The monoisotopic (exact) mass is 558 g/mol. The summed E-state index contributed by atoms with van der Waals surface area (Å²) in [6, 6.07) is 5.76. The molecule has 0 aliphatic heterocycles. The highest BCUT2D eigenvalue weighted by Gasteiger charge is 2.64. The number of aliphatic hydroxyl groups is 3. The van der Waals surface area contributed by atoms with Gasteiger partial charge >= 0.3 is 0 Å². The van der Waals surface area contributed by atoms with E-state index in [4.69, 9.17) is 5.73 Å². The minimum atomic E-state index is -2.69. The number of aliphatic hydroxyl groups excluding tert-OH is 2. The Labute approximate surface area is 236 Å². The quantitative estimate of drug-likeness (QED) is 0.268. The van der Waals surface area contributed by atoms with E-state index < -0.39 is 58.0 Å². The zero-order valence-corrected chi connectivity index (χ0v) is 23.0. The molecule has 11 nitrogen and oxygen atoms in total. The first-order chi connectivity index (χ1) is 19.3. The number of phenolic OH excluding ortho intramolecular Hbond substituents is 1. The van der Waals surface area contributed by atoms with Crippen LogP contribution in [0, 0.1) is 23.7 Å². The summed E-state index contributed by atoms with van der Waals surface area (Å²) in [5.74, 6) is -1.23. The Hall–Kier alpha value is -4.66. The van der Waals surface area contributed by atoms with Crippen LogP contribution >= 0.6 is 0 Å². The van der Waals surface area contributed by atoms with E-state index in [0.29, 0.717) is 16.9 Å². The third-order valence-corrected chi connectivity index (χ3v) is 8.17. The predicted octanol–water partition coefficient (Wildman–Crippen LogP) is 0.825. The number of pyridine rings is 1. The number of amides is 1. The first-order valence-corrected chi connectivity index (χ1v) is 12.9. The molecule has 3 aliphatic rings. The maximum atomic E-state index is 14.0. The molecule has 4 atom stereocenters. The highest BCUT2D eigenvalue weighted by atomic mass is 16.3. The van der Waals surface area contributed by atoms with Crippen LogP contribution in [0.3, 0.4) is 0 Å². The zero-order valence-electron chi connectivity index (χ0n) is 23.0. The van der Waals surface area contributed by atoms with Gasteiger partial charge in [-0.05, 0) is 62.5 Å². The first-order valence-electron chi connectivity index (χ1n) is 12.9. The fraction of sp³-hybridized carbons (Fsp3) is 0.333. The molecule has 0 radical (unpaired) electrons. The highest BCUT2D eigenvalue weighted by molar-refractivity contribution is 6.24. The van der Waals surface area contributed by atoms with E-state index >= 15 is 0 Å². The van der Waals surface area contributed by atoms with Crippen LogP contribution in [0.1, 0.15) is 28.8 Å². The molecule has 1 aromatic carbocycles. The Morgan fingerprint density at radius 3 is 2.41 bits per heavy atom. The summed E-state index contributed by atoms with van der Waals surface area (Å²) in [7, 11) is 6.70. The molecule has 0 spiro atoms. The molecular weight excluding hydrogens is 528 g/mol. The number of aromatic nitrogens is 1. The van der Waals surface area contributed by atoms with Gasteiger partial charge in [-0.25, -0.2) is 4.98 Å². The summed E-state index contributed by atoms with van der Waals surface area (Å²) in [6.45, 7) is 0. The molecule has 4 unspecified atom stereocenters. The zero-order chi connectivity index (χ0) is 30.0. The Morgan fingerprint density at radius 1 is 1.12 bits per heavy atom. The molecular formula is C30H30N4O7. The highest BCUT2D eigenvalue weighted by Crippen LogP contribution is 2.54. The number of Topliss-reactive ketones (excluding diaryl/α,β-unsaturated/α-hetero) is 2. The number of ketones is 2. The van der Waals surface area contributed by atoms with Crippen LogP contribution in [0.15, 0.2) is 47.4 Å². The number of hydrogen-bond donors (Lipinski definition) is 5. The molecule has 1 heterocycles. The second-order valence-corrected chi connectivity index (χ2v) is 11.0. The topological polar surface area (TPSA) is 178 Å². The van der Waals surface area contributed by atoms with E-state index in [-0.39, 0.29) is 35.3 Å². The molecule has 1 fully saturated rings. The van der Waals surface area contributed by atoms with Crippen LogP contribution in [0.4, 0.5) is 5.69 Å². The normalized spacial score (nSPS) is 25.3. The average molecular weight is 559 g/mol. The van der Waals surface area contributed by atoms with Crippen LogP contribution in [-0.2, 0) is 20.8 Å². The summed E-state index contributed by atoms with van der Waals surface area (Å²) >= 11 is 0. The number of primary amides is 1. The third-order valence-electron chi connectivity index (χ3n) is 8.17. The van der Waals surface area contributed by atoms with Crippen molar-refractivity contribution in [2.75, 3.05) is 33.1 Å². The third kappa shape index (κ3) is 4.06. The lowest BCUT2D eigenvalue weighted by molar-refractivity contribution is -0.153. The van der Waals surface area contributed by atoms with Crippen LogP contribution in [0.2, 0.25) is 0 Å². The van der Waals surface area contributed by atoms with Crippen LogP contribution in [-0.4, -0.2) is 87.6 Å². The number of aromatic hydroxyl groups is 1. The van der Waals surface area contributed by atoms with Crippen molar-refractivity contribution in [3.05, 3.63) is 69.8 Å². The van der Waals surface area contributed by atoms with E-state index in [2.05, 4.69) is 16.8 Å². The number of anilines is 1. The van der Waals surface area contributed by atoms with Gasteiger partial charge in [-0.2, -0.15) is 0 Å². The molecule has 6 N–H and O–H groups in total. The van der Waals surface area contributed by atoms with Gasteiger partial charge in [0.1, 0.15) is 28.5 Å².